The number of hydrogen-bond acceptors (Lipinski definition) is 3. The zero-order chi connectivity index (χ0) is 13.9. The van der Waals surface area contributed by atoms with Crippen LogP contribution in [0.5, 0.6) is 5.88 Å². The first kappa shape index (κ1) is 14.0. The third kappa shape index (κ3) is 3.47. The number of hydrogen-bond donors (Lipinski definition) is 2. The molecule has 0 aliphatic heterocycles. The maximum absolute atomic E-state index is 12.3. The molecule has 0 aromatic carbocycles. The van der Waals surface area contributed by atoms with Gasteiger partial charge in [0.1, 0.15) is 6.67 Å². The van der Waals surface area contributed by atoms with Crippen molar-refractivity contribution >= 4 is 5.97 Å². The lowest BCUT2D eigenvalue weighted by Crippen LogP contribution is -2.24. The van der Waals surface area contributed by atoms with Crippen molar-refractivity contribution in [3.63, 3.8) is 0 Å². The maximum atomic E-state index is 12.3. The van der Waals surface area contributed by atoms with Crippen LogP contribution in [0.2, 0.25) is 0 Å². The molecule has 0 unspecified atom stereocenters. The van der Waals surface area contributed by atoms with Crippen LogP contribution in [0.15, 0.2) is 11.0 Å². The van der Waals surface area contributed by atoms with Crippen LogP contribution in [0.3, 0.4) is 0 Å². The predicted molar refractivity (Wildman–Crippen MR) is 49.9 cm³/mol. The van der Waals surface area contributed by atoms with E-state index in [1.54, 1.807) is 0 Å². The van der Waals surface area contributed by atoms with Crippen molar-refractivity contribution in [3.8, 4) is 5.88 Å². The Kier molecular flexibility index (Phi) is 3.94. The minimum Gasteiger partial charge on any atom is -0.481 e. The van der Waals surface area contributed by atoms with Gasteiger partial charge in [-0.2, -0.15) is 0 Å². The molecule has 2 N–H and O–H groups in total. The summed E-state index contributed by atoms with van der Waals surface area (Å²) in [6.07, 6.45) is -5.39. The molecule has 1 heterocycles. The van der Waals surface area contributed by atoms with Gasteiger partial charge in [-0.15, -0.1) is 13.2 Å². The first-order valence-corrected chi connectivity index (χ1v) is 4.51. The number of carbonyl (C=O) groups is 1. The largest absolute Gasteiger partial charge is 0.574 e. The SMILES string of the molecule is O=C(O)Cc1c(OC(F)(F)F)[nH]cc(CF)c1=O. The Balaban J connectivity index is 3.29. The van der Waals surface area contributed by atoms with E-state index in [2.05, 4.69) is 4.74 Å². The van der Waals surface area contributed by atoms with Crippen molar-refractivity contribution < 1.29 is 32.2 Å². The normalized spacial score (nSPS) is 11.3. The molecule has 0 atom stereocenters. The topological polar surface area (TPSA) is 79.4 Å². The number of H-pyrrole nitrogens is 1. The minimum absolute atomic E-state index is 0.472. The van der Waals surface area contributed by atoms with E-state index in [4.69, 9.17) is 5.11 Å². The lowest BCUT2D eigenvalue weighted by molar-refractivity contribution is -0.276. The zero-order valence-corrected chi connectivity index (χ0v) is 8.68. The van der Waals surface area contributed by atoms with E-state index in [0.717, 1.165) is 0 Å². The number of rotatable bonds is 4. The Hall–Kier alpha value is -2.06. The van der Waals surface area contributed by atoms with Crippen LogP contribution in [-0.2, 0) is 17.9 Å². The van der Waals surface area contributed by atoms with Gasteiger partial charge in [0.05, 0.1) is 12.0 Å². The number of alkyl halides is 4. The second-order valence-corrected chi connectivity index (χ2v) is 3.20. The van der Waals surface area contributed by atoms with E-state index in [-0.39, 0.29) is 0 Å². The molecule has 0 aliphatic carbocycles. The molecule has 9 heteroatoms. The standard InChI is InChI=1S/C9H7F4NO4/c10-2-4-3-14-8(18-9(11,12)13)5(7(4)17)1-6(15)16/h3H,1-2H2,(H,14,17)(H,15,16). The van der Waals surface area contributed by atoms with E-state index < -0.39 is 47.9 Å². The van der Waals surface area contributed by atoms with Gasteiger partial charge >= 0.3 is 12.3 Å². The summed E-state index contributed by atoms with van der Waals surface area (Å²) in [6.45, 7) is -1.23. The van der Waals surface area contributed by atoms with Crippen molar-refractivity contribution in [1.29, 1.82) is 0 Å². The fraction of sp³-hybridized carbons (Fsp3) is 0.333. The number of nitrogens with one attached hydrogen (secondary N) is 1. The lowest BCUT2D eigenvalue weighted by Gasteiger charge is -2.12. The highest BCUT2D eigenvalue weighted by molar-refractivity contribution is 5.71. The van der Waals surface area contributed by atoms with Crippen LogP contribution in [0.4, 0.5) is 17.6 Å². The Morgan fingerprint density at radius 2 is 2.06 bits per heavy atom. The molecule has 18 heavy (non-hydrogen) atoms. The Labute approximate surface area is 97.0 Å². The second kappa shape index (κ2) is 5.07. The molecule has 0 saturated heterocycles. The Bertz CT molecular complexity index is 508. The van der Waals surface area contributed by atoms with E-state index in [1.807, 2.05) is 4.98 Å². The summed E-state index contributed by atoms with van der Waals surface area (Å²) >= 11 is 0. The molecular weight excluding hydrogens is 262 g/mol. The number of carboxylic acid groups (broad SMARTS) is 1. The van der Waals surface area contributed by atoms with E-state index in [1.165, 1.54) is 0 Å². The van der Waals surface area contributed by atoms with Gasteiger partial charge in [-0.3, -0.25) is 9.59 Å². The number of aromatic amines is 1. The van der Waals surface area contributed by atoms with Crippen LogP contribution >= 0.6 is 0 Å². The summed E-state index contributed by atoms with van der Waals surface area (Å²) in [6, 6.07) is 0. The molecule has 5 nitrogen and oxygen atoms in total. The molecule has 0 radical (unpaired) electrons. The van der Waals surface area contributed by atoms with Crippen molar-refractivity contribution in [3.05, 3.63) is 27.5 Å². The number of aliphatic carboxylic acids is 1. The molecule has 0 bridgehead atoms. The Morgan fingerprint density at radius 3 is 2.50 bits per heavy atom. The average Bonchev–Trinajstić information content (AvgIpc) is 2.21. The highest BCUT2D eigenvalue weighted by Crippen LogP contribution is 2.23. The molecule has 1 aromatic heterocycles. The molecule has 1 rings (SSSR count). The van der Waals surface area contributed by atoms with Crippen LogP contribution in [0.25, 0.3) is 0 Å². The summed E-state index contributed by atoms with van der Waals surface area (Å²) in [7, 11) is 0. The fourth-order valence-electron chi connectivity index (χ4n) is 1.22. The molecular formula is C9H7F4NO4. The van der Waals surface area contributed by atoms with Crippen molar-refractivity contribution in [2.24, 2.45) is 0 Å². The van der Waals surface area contributed by atoms with Crippen molar-refractivity contribution in [1.82, 2.24) is 4.98 Å². The van der Waals surface area contributed by atoms with Crippen LogP contribution in [-0.4, -0.2) is 22.4 Å². The van der Waals surface area contributed by atoms with Gasteiger partial charge in [-0.1, -0.05) is 0 Å². The maximum Gasteiger partial charge on any atom is 0.574 e. The van der Waals surface area contributed by atoms with Gasteiger partial charge in [0.25, 0.3) is 0 Å². The number of carboxylic acids is 1. The highest BCUT2D eigenvalue weighted by Gasteiger charge is 2.33. The van der Waals surface area contributed by atoms with E-state index >= 15 is 0 Å². The van der Waals surface area contributed by atoms with Gasteiger partial charge in [-0.25, -0.2) is 4.39 Å². The van der Waals surface area contributed by atoms with Gasteiger partial charge in [-0.05, 0) is 0 Å². The first-order chi connectivity index (χ1) is 8.24. The first-order valence-electron chi connectivity index (χ1n) is 4.51. The number of aromatic nitrogens is 1. The van der Waals surface area contributed by atoms with Crippen molar-refractivity contribution in [2.75, 3.05) is 0 Å². The lowest BCUT2D eigenvalue weighted by atomic mass is 10.1. The molecule has 0 fully saturated rings. The van der Waals surface area contributed by atoms with Gasteiger partial charge in [0, 0.05) is 11.8 Å². The average molecular weight is 269 g/mol. The highest BCUT2D eigenvalue weighted by atomic mass is 19.4. The molecule has 0 aliphatic rings. The fourth-order valence-corrected chi connectivity index (χ4v) is 1.22. The quantitative estimate of drug-likeness (QED) is 0.809. The van der Waals surface area contributed by atoms with E-state index in [0.29, 0.717) is 6.20 Å². The molecule has 0 amide bonds. The summed E-state index contributed by atoms with van der Waals surface area (Å²) in [5.41, 5.74) is -2.38. The monoisotopic (exact) mass is 269 g/mol. The van der Waals surface area contributed by atoms with Gasteiger partial charge in [0.15, 0.2) is 5.43 Å². The van der Waals surface area contributed by atoms with Crippen LogP contribution in [0, 0.1) is 0 Å². The summed E-state index contributed by atoms with van der Waals surface area (Å²) in [5, 5.41) is 8.49. The number of halogens is 4. The molecule has 0 saturated carbocycles. The number of pyridine rings is 1. The van der Waals surface area contributed by atoms with Gasteiger partial charge in [0.2, 0.25) is 5.88 Å². The Morgan fingerprint density at radius 1 is 1.44 bits per heavy atom. The third-order valence-electron chi connectivity index (χ3n) is 1.91. The van der Waals surface area contributed by atoms with Crippen LogP contribution in [0.1, 0.15) is 11.1 Å². The smallest absolute Gasteiger partial charge is 0.481 e. The summed E-state index contributed by atoms with van der Waals surface area (Å²) in [4.78, 5) is 23.8. The number of ether oxygens (including phenoxy) is 1. The predicted octanol–water partition coefficient (Wildman–Crippen LogP) is 1.37. The third-order valence-corrected chi connectivity index (χ3v) is 1.91. The van der Waals surface area contributed by atoms with Crippen molar-refractivity contribution in [2.45, 2.75) is 19.5 Å². The molecule has 100 valence electrons. The van der Waals surface area contributed by atoms with E-state index in [9.17, 15) is 27.2 Å². The van der Waals surface area contributed by atoms with Crippen LogP contribution < -0.4 is 10.2 Å². The van der Waals surface area contributed by atoms with Gasteiger partial charge < -0.3 is 14.8 Å². The summed E-state index contributed by atoms with van der Waals surface area (Å²) < 4.78 is 51.8. The minimum atomic E-state index is -5.09. The molecule has 0 spiro atoms. The molecule has 1 aromatic rings. The summed E-state index contributed by atoms with van der Waals surface area (Å²) in [5.74, 6) is -2.59. The zero-order valence-electron chi connectivity index (χ0n) is 8.68. The second-order valence-electron chi connectivity index (χ2n) is 3.20.